The summed E-state index contributed by atoms with van der Waals surface area (Å²) in [6.07, 6.45) is -4.55. The third kappa shape index (κ3) is 4.25. The zero-order valence-corrected chi connectivity index (χ0v) is 20.5. The fourth-order valence-electron chi connectivity index (χ4n) is 4.18. The predicted molar refractivity (Wildman–Crippen MR) is 134 cm³/mol. The average Bonchev–Trinajstić information content (AvgIpc) is 3.31. The molecule has 0 unspecified atom stereocenters. The van der Waals surface area contributed by atoms with Crippen LogP contribution in [0.2, 0.25) is 5.02 Å². The molecule has 7 nitrogen and oxygen atoms in total. The second-order valence-electron chi connectivity index (χ2n) is 8.46. The van der Waals surface area contributed by atoms with E-state index >= 15 is 0 Å². The number of fused-ring (bicyclic) bond motifs is 3. The van der Waals surface area contributed by atoms with Crippen molar-refractivity contribution in [1.82, 2.24) is 19.1 Å². The number of amides is 1. The number of anilines is 3. The highest BCUT2D eigenvalue weighted by Crippen LogP contribution is 2.34. The standard InChI is InChI=1S/C25H19ClF4N6O/c1-12-31-20-21(35(12)2)15(23(37)32-14-7-4-6-13(10-14)25(28,29)30)11-18-22(20)36(3)24(33-18)34-19-16(26)8-5-9-17(19)27/h4-11H,1-3H3,(H,32,37)(H,33,34). The maximum Gasteiger partial charge on any atom is 0.416 e. The summed E-state index contributed by atoms with van der Waals surface area (Å²) in [6, 6.07) is 10.2. The molecular formula is C25H19ClF4N6O. The van der Waals surface area contributed by atoms with Crippen molar-refractivity contribution in [3.8, 4) is 0 Å². The van der Waals surface area contributed by atoms with Gasteiger partial charge in [0.05, 0.1) is 38.4 Å². The lowest BCUT2D eigenvalue weighted by Gasteiger charge is -2.11. The summed E-state index contributed by atoms with van der Waals surface area (Å²) in [4.78, 5) is 22.4. The summed E-state index contributed by atoms with van der Waals surface area (Å²) in [7, 11) is 3.43. The first-order chi connectivity index (χ1) is 17.5. The van der Waals surface area contributed by atoms with Crippen LogP contribution in [0.25, 0.3) is 22.1 Å². The average molecular weight is 531 g/mol. The van der Waals surface area contributed by atoms with Gasteiger partial charge in [-0.05, 0) is 43.3 Å². The lowest BCUT2D eigenvalue weighted by molar-refractivity contribution is -0.137. The fourth-order valence-corrected chi connectivity index (χ4v) is 4.39. The molecule has 3 aromatic carbocycles. The minimum Gasteiger partial charge on any atom is -0.331 e. The minimum atomic E-state index is -4.55. The topological polar surface area (TPSA) is 76.8 Å². The summed E-state index contributed by atoms with van der Waals surface area (Å²) >= 11 is 6.15. The second kappa shape index (κ2) is 8.77. The molecule has 1 amide bonds. The van der Waals surface area contributed by atoms with Crippen molar-refractivity contribution in [3.63, 3.8) is 0 Å². The van der Waals surface area contributed by atoms with Crippen LogP contribution in [0.3, 0.4) is 0 Å². The van der Waals surface area contributed by atoms with Gasteiger partial charge in [-0.15, -0.1) is 0 Å². The second-order valence-corrected chi connectivity index (χ2v) is 8.86. The lowest BCUT2D eigenvalue weighted by atomic mass is 10.1. The van der Waals surface area contributed by atoms with Gasteiger partial charge in [0.25, 0.3) is 5.91 Å². The number of benzene rings is 3. The number of aryl methyl sites for hydroxylation is 3. The molecular weight excluding hydrogens is 512 g/mol. The Kier molecular flexibility index (Phi) is 5.82. The summed E-state index contributed by atoms with van der Waals surface area (Å²) in [5, 5.41) is 5.60. The van der Waals surface area contributed by atoms with Crippen LogP contribution >= 0.6 is 11.6 Å². The van der Waals surface area contributed by atoms with Gasteiger partial charge in [0.2, 0.25) is 5.95 Å². The van der Waals surface area contributed by atoms with Crippen molar-refractivity contribution in [1.29, 1.82) is 0 Å². The largest absolute Gasteiger partial charge is 0.416 e. The van der Waals surface area contributed by atoms with Crippen LogP contribution in [0.1, 0.15) is 21.7 Å². The molecule has 0 bridgehead atoms. The number of nitrogens with zero attached hydrogens (tertiary/aromatic N) is 4. The minimum absolute atomic E-state index is 0.00969. The Morgan fingerprint density at radius 1 is 1.00 bits per heavy atom. The van der Waals surface area contributed by atoms with Gasteiger partial charge >= 0.3 is 6.18 Å². The Bertz CT molecular complexity index is 1690. The number of hydrogen-bond donors (Lipinski definition) is 2. The molecule has 0 spiro atoms. The van der Waals surface area contributed by atoms with Crippen molar-refractivity contribution >= 4 is 56.9 Å². The van der Waals surface area contributed by atoms with E-state index in [1.807, 2.05) is 0 Å². The number of halogens is 5. The van der Waals surface area contributed by atoms with E-state index in [4.69, 9.17) is 11.6 Å². The van der Waals surface area contributed by atoms with Gasteiger partial charge in [-0.1, -0.05) is 23.7 Å². The smallest absolute Gasteiger partial charge is 0.331 e. The fraction of sp³-hybridized carbons (Fsp3) is 0.160. The van der Waals surface area contributed by atoms with E-state index in [0.29, 0.717) is 27.9 Å². The van der Waals surface area contributed by atoms with Crippen molar-refractivity contribution in [2.75, 3.05) is 10.6 Å². The van der Waals surface area contributed by atoms with Gasteiger partial charge in [-0.2, -0.15) is 13.2 Å². The molecule has 37 heavy (non-hydrogen) atoms. The Morgan fingerprint density at radius 2 is 1.73 bits per heavy atom. The SMILES string of the molecule is Cc1nc2c(c(C(=O)Nc3cccc(C(F)(F)F)c3)cc3nc(Nc4c(F)cccc4Cl)n(C)c32)n1C. The number of carbonyl (C=O) groups is 1. The lowest BCUT2D eigenvalue weighted by Crippen LogP contribution is -2.14. The van der Waals surface area contributed by atoms with Gasteiger partial charge in [0, 0.05) is 19.8 Å². The third-order valence-corrected chi connectivity index (χ3v) is 6.41. The molecule has 0 aliphatic heterocycles. The molecule has 190 valence electrons. The van der Waals surface area contributed by atoms with E-state index < -0.39 is 23.5 Å². The first-order valence-electron chi connectivity index (χ1n) is 11.0. The molecule has 0 saturated heterocycles. The quantitative estimate of drug-likeness (QED) is 0.257. The van der Waals surface area contributed by atoms with E-state index in [1.54, 1.807) is 30.2 Å². The monoisotopic (exact) mass is 530 g/mol. The molecule has 2 aromatic heterocycles. The number of rotatable bonds is 4. The van der Waals surface area contributed by atoms with Crippen LogP contribution in [0.4, 0.5) is 34.9 Å². The molecule has 2 heterocycles. The molecule has 5 rings (SSSR count). The Morgan fingerprint density at radius 3 is 2.43 bits per heavy atom. The Labute approximate surface area is 212 Å². The van der Waals surface area contributed by atoms with Crippen molar-refractivity contribution in [3.05, 3.63) is 76.3 Å². The van der Waals surface area contributed by atoms with Crippen molar-refractivity contribution < 1.29 is 22.4 Å². The van der Waals surface area contributed by atoms with Gasteiger partial charge in [0.1, 0.15) is 17.2 Å². The molecule has 0 aliphatic rings. The first kappa shape index (κ1) is 24.6. The van der Waals surface area contributed by atoms with Gasteiger partial charge < -0.3 is 19.8 Å². The molecule has 5 aromatic rings. The van der Waals surface area contributed by atoms with Crippen LogP contribution in [-0.4, -0.2) is 25.0 Å². The van der Waals surface area contributed by atoms with E-state index in [2.05, 4.69) is 20.6 Å². The number of nitrogens with one attached hydrogen (secondary N) is 2. The number of imidazole rings is 2. The number of para-hydroxylation sites is 1. The van der Waals surface area contributed by atoms with E-state index in [1.165, 1.54) is 36.4 Å². The molecule has 12 heteroatoms. The maximum atomic E-state index is 14.4. The summed E-state index contributed by atoms with van der Waals surface area (Å²) in [5.74, 6) is -0.350. The number of hydrogen-bond acceptors (Lipinski definition) is 4. The Balaban J connectivity index is 1.63. The van der Waals surface area contributed by atoms with Gasteiger partial charge in [-0.25, -0.2) is 14.4 Å². The molecule has 0 saturated carbocycles. The number of alkyl halides is 3. The summed E-state index contributed by atoms with van der Waals surface area (Å²) in [5.41, 5.74) is 1.18. The maximum absolute atomic E-state index is 14.4. The van der Waals surface area contributed by atoms with Crippen LogP contribution in [0.5, 0.6) is 0 Å². The van der Waals surface area contributed by atoms with Gasteiger partial charge in [0.15, 0.2) is 0 Å². The normalized spacial score (nSPS) is 11.9. The molecule has 0 aliphatic carbocycles. The van der Waals surface area contributed by atoms with Crippen LogP contribution in [0.15, 0.2) is 48.5 Å². The molecule has 0 radical (unpaired) electrons. The van der Waals surface area contributed by atoms with Crippen LogP contribution in [0, 0.1) is 12.7 Å². The highest BCUT2D eigenvalue weighted by Gasteiger charge is 2.31. The zero-order valence-electron chi connectivity index (χ0n) is 19.7. The summed E-state index contributed by atoms with van der Waals surface area (Å²) in [6.45, 7) is 1.76. The zero-order chi connectivity index (χ0) is 26.6. The van der Waals surface area contributed by atoms with E-state index in [-0.39, 0.29) is 27.9 Å². The molecule has 2 N–H and O–H groups in total. The predicted octanol–water partition coefficient (Wildman–Crippen LogP) is 6.58. The van der Waals surface area contributed by atoms with Crippen molar-refractivity contribution in [2.24, 2.45) is 14.1 Å². The van der Waals surface area contributed by atoms with Gasteiger partial charge in [-0.3, -0.25) is 4.79 Å². The molecule has 0 atom stereocenters. The Hall–Kier alpha value is -4.12. The highest BCUT2D eigenvalue weighted by atomic mass is 35.5. The molecule has 0 fully saturated rings. The summed E-state index contributed by atoms with van der Waals surface area (Å²) < 4.78 is 57.2. The number of aromatic nitrogens is 4. The first-order valence-corrected chi connectivity index (χ1v) is 11.4. The van der Waals surface area contributed by atoms with Crippen molar-refractivity contribution in [2.45, 2.75) is 13.1 Å². The third-order valence-electron chi connectivity index (χ3n) is 6.09. The number of carbonyl (C=O) groups excluding carboxylic acids is 1. The van der Waals surface area contributed by atoms with E-state index in [9.17, 15) is 22.4 Å². The van der Waals surface area contributed by atoms with Crippen LogP contribution in [-0.2, 0) is 20.3 Å². The van der Waals surface area contributed by atoms with Crippen LogP contribution < -0.4 is 10.6 Å². The highest BCUT2D eigenvalue weighted by molar-refractivity contribution is 6.33. The van der Waals surface area contributed by atoms with E-state index in [0.717, 1.165) is 12.1 Å².